The fourth-order valence-corrected chi connectivity index (χ4v) is 1.75. The van der Waals surface area contributed by atoms with Gasteiger partial charge in [0.15, 0.2) is 0 Å². The molecule has 4 nitrogen and oxygen atoms in total. The first-order valence-electron chi connectivity index (χ1n) is 5.09. The van der Waals surface area contributed by atoms with Gasteiger partial charge in [0, 0.05) is 4.47 Å². The fourth-order valence-electron chi connectivity index (χ4n) is 1.30. The molecule has 1 heterocycles. The lowest BCUT2D eigenvalue weighted by Gasteiger charge is -1.97. The Hall–Kier alpha value is -1.20. The average Bonchev–Trinajstić information content (AvgIpc) is 2.75. The SMILES string of the molecule is CCNCc1nnc(-c2ccccc2Br)o1. The van der Waals surface area contributed by atoms with Crippen molar-refractivity contribution in [1.29, 1.82) is 0 Å². The molecule has 5 heteroatoms. The van der Waals surface area contributed by atoms with Gasteiger partial charge in [0.1, 0.15) is 0 Å². The van der Waals surface area contributed by atoms with Crippen molar-refractivity contribution in [2.45, 2.75) is 13.5 Å². The van der Waals surface area contributed by atoms with Crippen molar-refractivity contribution in [2.75, 3.05) is 6.54 Å². The second-order valence-corrected chi connectivity index (χ2v) is 4.12. The van der Waals surface area contributed by atoms with Crippen LogP contribution in [0.15, 0.2) is 33.2 Å². The normalized spacial score (nSPS) is 10.6. The van der Waals surface area contributed by atoms with Gasteiger partial charge in [0.25, 0.3) is 0 Å². The lowest BCUT2D eigenvalue weighted by atomic mass is 10.2. The molecule has 0 radical (unpaired) electrons. The van der Waals surface area contributed by atoms with Gasteiger partial charge in [-0.05, 0) is 34.6 Å². The summed E-state index contributed by atoms with van der Waals surface area (Å²) in [5.41, 5.74) is 0.915. The number of aromatic nitrogens is 2. The van der Waals surface area contributed by atoms with Crippen molar-refractivity contribution in [3.63, 3.8) is 0 Å². The summed E-state index contributed by atoms with van der Waals surface area (Å²) in [6, 6.07) is 7.77. The van der Waals surface area contributed by atoms with Crippen LogP contribution in [0, 0.1) is 0 Å². The minimum absolute atomic E-state index is 0.542. The lowest BCUT2D eigenvalue weighted by molar-refractivity contribution is 0.482. The smallest absolute Gasteiger partial charge is 0.248 e. The predicted octanol–water partition coefficient (Wildman–Crippen LogP) is 2.61. The molecule has 0 amide bonds. The first-order valence-corrected chi connectivity index (χ1v) is 5.88. The van der Waals surface area contributed by atoms with E-state index in [1.807, 2.05) is 31.2 Å². The summed E-state index contributed by atoms with van der Waals surface area (Å²) in [5, 5.41) is 11.1. The van der Waals surface area contributed by atoms with Crippen molar-refractivity contribution >= 4 is 15.9 Å². The Balaban J connectivity index is 2.22. The quantitative estimate of drug-likeness (QED) is 0.936. The van der Waals surface area contributed by atoms with Gasteiger partial charge < -0.3 is 9.73 Å². The second kappa shape index (κ2) is 5.23. The number of hydrogen-bond acceptors (Lipinski definition) is 4. The van der Waals surface area contributed by atoms with E-state index in [2.05, 4.69) is 31.4 Å². The number of rotatable bonds is 4. The molecule has 0 aliphatic heterocycles. The van der Waals surface area contributed by atoms with Crippen LogP contribution in [-0.4, -0.2) is 16.7 Å². The molecule has 0 bridgehead atoms. The third-order valence-electron chi connectivity index (χ3n) is 2.10. The highest BCUT2D eigenvalue weighted by molar-refractivity contribution is 9.10. The van der Waals surface area contributed by atoms with Crippen LogP contribution in [0.25, 0.3) is 11.5 Å². The third kappa shape index (κ3) is 2.48. The maximum atomic E-state index is 5.54. The summed E-state index contributed by atoms with van der Waals surface area (Å²) in [7, 11) is 0. The van der Waals surface area contributed by atoms with Crippen molar-refractivity contribution in [3.8, 4) is 11.5 Å². The maximum Gasteiger partial charge on any atom is 0.248 e. The van der Waals surface area contributed by atoms with E-state index in [9.17, 15) is 0 Å². The standard InChI is InChI=1S/C11H12BrN3O/c1-2-13-7-10-14-15-11(16-10)8-5-3-4-6-9(8)12/h3-6,13H,2,7H2,1H3. The summed E-state index contributed by atoms with van der Waals surface area (Å²) in [6.07, 6.45) is 0. The van der Waals surface area contributed by atoms with Gasteiger partial charge >= 0.3 is 0 Å². The van der Waals surface area contributed by atoms with Crippen LogP contribution in [0.3, 0.4) is 0 Å². The zero-order chi connectivity index (χ0) is 11.4. The van der Waals surface area contributed by atoms with Crippen LogP contribution in [0.1, 0.15) is 12.8 Å². The van der Waals surface area contributed by atoms with Crippen molar-refractivity contribution in [3.05, 3.63) is 34.6 Å². The Labute approximate surface area is 102 Å². The van der Waals surface area contributed by atoms with E-state index in [-0.39, 0.29) is 0 Å². The van der Waals surface area contributed by atoms with Gasteiger partial charge in [0.2, 0.25) is 11.8 Å². The topological polar surface area (TPSA) is 51.0 Å². The highest BCUT2D eigenvalue weighted by Gasteiger charge is 2.10. The molecule has 0 aliphatic rings. The molecule has 2 aromatic rings. The van der Waals surface area contributed by atoms with E-state index in [1.165, 1.54) is 0 Å². The van der Waals surface area contributed by atoms with E-state index < -0.39 is 0 Å². The zero-order valence-electron chi connectivity index (χ0n) is 8.90. The Morgan fingerprint density at radius 2 is 2.12 bits per heavy atom. The van der Waals surface area contributed by atoms with E-state index in [0.29, 0.717) is 18.3 Å². The molecule has 0 saturated heterocycles. The molecule has 0 saturated carbocycles. The molecule has 0 spiro atoms. The first-order chi connectivity index (χ1) is 7.81. The summed E-state index contributed by atoms with van der Waals surface area (Å²) in [4.78, 5) is 0. The monoisotopic (exact) mass is 281 g/mol. The molecule has 0 aliphatic carbocycles. The lowest BCUT2D eigenvalue weighted by Crippen LogP contribution is -2.11. The number of benzene rings is 1. The van der Waals surface area contributed by atoms with Gasteiger partial charge in [-0.2, -0.15) is 0 Å². The predicted molar refractivity (Wildman–Crippen MR) is 64.8 cm³/mol. The van der Waals surface area contributed by atoms with Crippen molar-refractivity contribution in [1.82, 2.24) is 15.5 Å². The van der Waals surface area contributed by atoms with E-state index in [0.717, 1.165) is 16.6 Å². The molecule has 16 heavy (non-hydrogen) atoms. The molecule has 0 unspecified atom stereocenters. The average molecular weight is 282 g/mol. The van der Waals surface area contributed by atoms with Crippen molar-refractivity contribution < 1.29 is 4.42 Å². The fraction of sp³-hybridized carbons (Fsp3) is 0.273. The molecule has 1 N–H and O–H groups in total. The van der Waals surface area contributed by atoms with Crippen LogP contribution in [0.4, 0.5) is 0 Å². The van der Waals surface area contributed by atoms with Gasteiger partial charge in [-0.25, -0.2) is 0 Å². The molecular formula is C11H12BrN3O. The molecule has 2 rings (SSSR count). The molecule has 1 aromatic heterocycles. The number of hydrogen-bond donors (Lipinski definition) is 1. The van der Waals surface area contributed by atoms with Crippen LogP contribution in [0.2, 0.25) is 0 Å². The minimum Gasteiger partial charge on any atom is -0.419 e. The Bertz CT molecular complexity index is 470. The maximum absolute atomic E-state index is 5.54. The Morgan fingerprint density at radius 3 is 2.88 bits per heavy atom. The zero-order valence-corrected chi connectivity index (χ0v) is 10.5. The molecular weight excluding hydrogens is 270 g/mol. The highest BCUT2D eigenvalue weighted by Crippen LogP contribution is 2.26. The summed E-state index contributed by atoms with van der Waals surface area (Å²) < 4.78 is 6.49. The molecule has 0 fully saturated rings. The minimum atomic E-state index is 0.542. The number of nitrogens with one attached hydrogen (secondary N) is 1. The number of halogens is 1. The van der Waals surface area contributed by atoms with Crippen molar-refractivity contribution in [2.24, 2.45) is 0 Å². The van der Waals surface area contributed by atoms with E-state index in [4.69, 9.17) is 4.42 Å². The van der Waals surface area contributed by atoms with Gasteiger partial charge in [-0.1, -0.05) is 19.1 Å². The van der Waals surface area contributed by atoms with E-state index >= 15 is 0 Å². The highest BCUT2D eigenvalue weighted by atomic mass is 79.9. The van der Waals surface area contributed by atoms with Crippen LogP contribution < -0.4 is 5.32 Å². The largest absolute Gasteiger partial charge is 0.419 e. The Kier molecular flexibility index (Phi) is 3.69. The first kappa shape index (κ1) is 11.3. The summed E-state index contributed by atoms with van der Waals surface area (Å²) in [5.74, 6) is 1.15. The van der Waals surface area contributed by atoms with Gasteiger partial charge in [-0.3, -0.25) is 0 Å². The molecule has 0 atom stereocenters. The van der Waals surface area contributed by atoms with Gasteiger partial charge in [0.05, 0.1) is 12.1 Å². The second-order valence-electron chi connectivity index (χ2n) is 3.26. The van der Waals surface area contributed by atoms with Crippen LogP contribution in [0.5, 0.6) is 0 Å². The Morgan fingerprint density at radius 1 is 1.31 bits per heavy atom. The third-order valence-corrected chi connectivity index (χ3v) is 2.79. The van der Waals surface area contributed by atoms with Gasteiger partial charge in [-0.15, -0.1) is 10.2 Å². The van der Waals surface area contributed by atoms with Crippen LogP contribution in [-0.2, 0) is 6.54 Å². The summed E-state index contributed by atoms with van der Waals surface area (Å²) >= 11 is 3.45. The van der Waals surface area contributed by atoms with E-state index in [1.54, 1.807) is 0 Å². The number of nitrogens with zero attached hydrogens (tertiary/aromatic N) is 2. The van der Waals surface area contributed by atoms with Crippen LogP contribution >= 0.6 is 15.9 Å². The molecule has 84 valence electrons. The summed E-state index contributed by atoms with van der Waals surface area (Å²) in [6.45, 7) is 3.52. The molecule has 1 aromatic carbocycles.